The van der Waals surface area contributed by atoms with Gasteiger partial charge >= 0.3 is 0 Å². The van der Waals surface area contributed by atoms with Gasteiger partial charge in [0.15, 0.2) is 0 Å². The summed E-state index contributed by atoms with van der Waals surface area (Å²) in [6, 6.07) is 3.76. The van der Waals surface area contributed by atoms with Gasteiger partial charge in [0.1, 0.15) is 0 Å². The van der Waals surface area contributed by atoms with Gasteiger partial charge in [-0.25, -0.2) is 0 Å². The van der Waals surface area contributed by atoms with Crippen LogP contribution in [0.3, 0.4) is 0 Å². The molecule has 5 nitrogen and oxygen atoms in total. The summed E-state index contributed by atoms with van der Waals surface area (Å²) in [5.74, 6) is -0.345. The van der Waals surface area contributed by atoms with Gasteiger partial charge in [0.25, 0.3) is 0 Å². The van der Waals surface area contributed by atoms with Crippen LogP contribution in [0.15, 0.2) is 30.2 Å². The lowest BCUT2D eigenvalue weighted by Crippen LogP contribution is -2.46. The van der Waals surface area contributed by atoms with E-state index in [1.165, 1.54) is 0 Å². The summed E-state index contributed by atoms with van der Waals surface area (Å²) in [6.45, 7) is 8.07. The van der Waals surface area contributed by atoms with E-state index >= 15 is 0 Å². The Labute approximate surface area is 135 Å². The first kappa shape index (κ1) is 16.7. The highest BCUT2D eigenvalue weighted by atomic mass is 32.1. The van der Waals surface area contributed by atoms with Crippen molar-refractivity contribution < 1.29 is 9.59 Å². The topological polar surface area (TPSA) is 66.6 Å². The molecule has 2 amide bonds. The molecule has 120 valence electrons. The molecular formula is C16H23N3O2S. The monoisotopic (exact) mass is 321 g/mol. The Bertz CT molecular complexity index is 530. The average Bonchev–Trinajstić information content (AvgIpc) is 3.16. The number of carbonyl (C=O) groups is 2. The van der Waals surface area contributed by atoms with Crippen LogP contribution in [0.2, 0.25) is 0 Å². The summed E-state index contributed by atoms with van der Waals surface area (Å²) in [5, 5.41) is 2.01. The Balaban J connectivity index is 2.00. The molecule has 2 N–H and O–H groups in total. The standard InChI is InChI=1S/C16H23N3O2S/c1-3-7-19(11-14-5-4-9-22-14)16(21)12(2)18-8-6-13(10-18)15(17)20/h3-5,9,12-13H,1,6-8,10-11H2,2H3,(H2,17,20). The van der Waals surface area contributed by atoms with Crippen LogP contribution in [0, 0.1) is 5.92 Å². The fourth-order valence-electron chi connectivity index (χ4n) is 2.77. The molecule has 1 aliphatic heterocycles. The Kier molecular flexibility index (Phi) is 5.74. The molecular weight excluding hydrogens is 298 g/mol. The lowest BCUT2D eigenvalue weighted by atomic mass is 10.1. The Morgan fingerprint density at radius 1 is 1.64 bits per heavy atom. The van der Waals surface area contributed by atoms with Crippen molar-refractivity contribution in [1.29, 1.82) is 0 Å². The maximum atomic E-state index is 12.7. The third kappa shape index (κ3) is 3.96. The minimum atomic E-state index is -0.274. The Hall–Kier alpha value is -1.66. The summed E-state index contributed by atoms with van der Waals surface area (Å²) in [7, 11) is 0. The van der Waals surface area contributed by atoms with E-state index < -0.39 is 0 Å². The highest BCUT2D eigenvalue weighted by molar-refractivity contribution is 7.09. The van der Waals surface area contributed by atoms with Crippen LogP contribution in [0.4, 0.5) is 0 Å². The molecule has 0 bridgehead atoms. The predicted octanol–water partition coefficient (Wildman–Crippen LogP) is 1.46. The van der Waals surface area contributed by atoms with Gasteiger partial charge in [0, 0.05) is 18.0 Å². The van der Waals surface area contributed by atoms with Crippen molar-refractivity contribution in [3.63, 3.8) is 0 Å². The lowest BCUT2D eigenvalue weighted by molar-refractivity contribution is -0.136. The van der Waals surface area contributed by atoms with E-state index in [9.17, 15) is 9.59 Å². The first-order valence-corrected chi connectivity index (χ1v) is 8.36. The van der Waals surface area contributed by atoms with E-state index in [4.69, 9.17) is 5.73 Å². The van der Waals surface area contributed by atoms with Crippen molar-refractivity contribution in [3.05, 3.63) is 35.0 Å². The van der Waals surface area contributed by atoms with Gasteiger partial charge in [0.05, 0.1) is 18.5 Å². The molecule has 0 saturated carbocycles. The van der Waals surface area contributed by atoms with Gasteiger partial charge in [-0.2, -0.15) is 0 Å². The second-order valence-electron chi connectivity index (χ2n) is 5.65. The molecule has 0 aliphatic carbocycles. The number of amides is 2. The van der Waals surface area contributed by atoms with Crippen LogP contribution in [0.5, 0.6) is 0 Å². The molecule has 2 heterocycles. The van der Waals surface area contributed by atoms with Gasteiger partial charge in [-0.3, -0.25) is 14.5 Å². The van der Waals surface area contributed by atoms with Gasteiger partial charge < -0.3 is 10.6 Å². The highest BCUT2D eigenvalue weighted by Gasteiger charge is 2.33. The summed E-state index contributed by atoms with van der Waals surface area (Å²) in [6.07, 6.45) is 2.48. The smallest absolute Gasteiger partial charge is 0.240 e. The van der Waals surface area contributed by atoms with Crippen molar-refractivity contribution in [2.75, 3.05) is 19.6 Å². The molecule has 0 aromatic carbocycles. The van der Waals surface area contributed by atoms with E-state index in [0.29, 0.717) is 19.6 Å². The van der Waals surface area contributed by atoms with Gasteiger partial charge in [0.2, 0.25) is 11.8 Å². The number of likely N-dealkylation sites (tertiary alicyclic amines) is 1. The number of carbonyl (C=O) groups excluding carboxylic acids is 2. The number of hydrogen-bond acceptors (Lipinski definition) is 4. The second kappa shape index (κ2) is 7.56. The largest absolute Gasteiger partial charge is 0.369 e. The van der Waals surface area contributed by atoms with Crippen LogP contribution in [-0.2, 0) is 16.1 Å². The Morgan fingerprint density at radius 3 is 2.95 bits per heavy atom. The van der Waals surface area contributed by atoms with Crippen LogP contribution in [-0.4, -0.2) is 47.3 Å². The van der Waals surface area contributed by atoms with E-state index in [1.807, 2.05) is 29.3 Å². The van der Waals surface area contributed by atoms with Crippen molar-refractivity contribution in [1.82, 2.24) is 9.80 Å². The molecule has 1 aromatic heterocycles. The molecule has 1 saturated heterocycles. The number of hydrogen-bond donors (Lipinski definition) is 1. The van der Waals surface area contributed by atoms with Crippen molar-refractivity contribution >= 4 is 23.2 Å². The molecule has 2 atom stereocenters. The first-order chi connectivity index (χ1) is 10.5. The molecule has 6 heteroatoms. The second-order valence-corrected chi connectivity index (χ2v) is 6.68. The number of thiophene rings is 1. The Morgan fingerprint density at radius 2 is 2.41 bits per heavy atom. The molecule has 22 heavy (non-hydrogen) atoms. The zero-order valence-corrected chi connectivity index (χ0v) is 13.7. The number of rotatable bonds is 7. The summed E-state index contributed by atoms with van der Waals surface area (Å²) in [4.78, 5) is 29.0. The number of nitrogens with two attached hydrogens (primary N) is 1. The van der Waals surface area contributed by atoms with E-state index in [0.717, 1.165) is 17.8 Å². The van der Waals surface area contributed by atoms with Crippen molar-refractivity contribution in [2.45, 2.75) is 25.9 Å². The van der Waals surface area contributed by atoms with Crippen molar-refractivity contribution in [2.24, 2.45) is 11.7 Å². The summed E-state index contributed by atoms with van der Waals surface area (Å²) < 4.78 is 0. The number of nitrogens with zero attached hydrogens (tertiary/aromatic N) is 2. The fraction of sp³-hybridized carbons (Fsp3) is 0.500. The predicted molar refractivity (Wildman–Crippen MR) is 88.3 cm³/mol. The quantitative estimate of drug-likeness (QED) is 0.773. The minimum Gasteiger partial charge on any atom is -0.369 e. The fourth-order valence-corrected chi connectivity index (χ4v) is 3.49. The van der Waals surface area contributed by atoms with Crippen LogP contribution in [0.1, 0.15) is 18.2 Å². The van der Waals surface area contributed by atoms with Gasteiger partial charge in [-0.05, 0) is 31.3 Å². The minimum absolute atomic E-state index is 0.0680. The third-order valence-corrected chi connectivity index (χ3v) is 4.98. The molecule has 1 aliphatic rings. The van der Waals surface area contributed by atoms with Crippen LogP contribution < -0.4 is 5.73 Å². The van der Waals surface area contributed by atoms with E-state index in [1.54, 1.807) is 22.3 Å². The normalized spacial score (nSPS) is 19.8. The maximum Gasteiger partial charge on any atom is 0.240 e. The zero-order chi connectivity index (χ0) is 16.1. The highest BCUT2D eigenvalue weighted by Crippen LogP contribution is 2.20. The third-order valence-electron chi connectivity index (χ3n) is 4.12. The molecule has 0 spiro atoms. The van der Waals surface area contributed by atoms with E-state index in [2.05, 4.69) is 6.58 Å². The lowest BCUT2D eigenvalue weighted by Gasteiger charge is -2.29. The van der Waals surface area contributed by atoms with Crippen LogP contribution >= 0.6 is 11.3 Å². The average molecular weight is 321 g/mol. The molecule has 0 radical (unpaired) electrons. The van der Waals surface area contributed by atoms with Crippen LogP contribution in [0.25, 0.3) is 0 Å². The molecule has 1 fully saturated rings. The summed E-state index contributed by atoms with van der Waals surface area (Å²) >= 11 is 1.64. The van der Waals surface area contributed by atoms with Gasteiger partial charge in [-0.15, -0.1) is 17.9 Å². The van der Waals surface area contributed by atoms with E-state index in [-0.39, 0.29) is 23.8 Å². The molecule has 2 unspecified atom stereocenters. The zero-order valence-electron chi connectivity index (χ0n) is 12.9. The van der Waals surface area contributed by atoms with Crippen molar-refractivity contribution in [3.8, 4) is 0 Å². The maximum absolute atomic E-state index is 12.7. The molecule has 2 rings (SSSR count). The van der Waals surface area contributed by atoms with Gasteiger partial charge in [-0.1, -0.05) is 12.1 Å². The molecule has 1 aromatic rings. The SMILES string of the molecule is C=CCN(Cc1cccs1)C(=O)C(C)N1CCC(C(N)=O)C1. The first-order valence-electron chi connectivity index (χ1n) is 7.48. The number of primary amides is 1. The summed E-state index contributed by atoms with van der Waals surface area (Å²) in [5.41, 5.74) is 5.36.